The van der Waals surface area contributed by atoms with E-state index in [0.717, 1.165) is 22.5 Å². The summed E-state index contributed by atoms with van der Waals surface area (Å²) in [7, 11) is 0. The standard InChI is InChI=1S/C29H29FN6O3/c1-20-4-2-3-5-24(20)36-26(38)11-10-23(31-36)27-28(21-6-8-22(30)9-7-21)32-35-15-14-34(29(27)35)13-12-25(37)33-16-18-39-19-17-33/h2-11H,12-19H2,1H3. The Balaban J connectivity index is 1.42. The summed E-state index contributed by atoms with van der Waals surface area (Å²) in [6.45, 7) is 6.16. The van der Waals surface area contributed by atoms with Gasteiger partial charge in [-0.25, -0.2) is 9.07 Å². The van der Waals surface area contributed by atoms with Gasteiger partial charge in [0.25, 0.3) is 5.56 Å². The molecule has 9 nitrogen and oxygen atoms in total. The van der Waals surface area contributed by atoms with Crippen LogP contribution >= 0.6 is 0 Å². The second kappa shape index (κ2) is 10.5. The van der Waals surface area contributed by atoms with E-state index in [2.05, 4.69) is 4.90 Å². The molecule has 4 heterocycles. The SMILES string of the molecule is Cc1ccccc1-n1nc(-c2c(-c3ccc(F)cc3)nn3c2N(CCC(=O)N2CCOCC2)CC3)ccc1=O. The van der Waals surface area contributed by atoms with Crippen LogP contribution in [0.5, 0.6) is 0 Å². The largest absolute Gasteiger partial charge is 0.378 e. The van der Waals surface area contributed by atoms with Gasteiger partial charge in [-0.05, 0) is 48.9 Å². The van der Waals surface area contributed by atoms with Gasteiger partial charge in [0.1, 0.15) is 17.3 Å². The molecule has 2 aromatic heterocycles. The lowest BCUT2D eigenvalue weighted by Gasteiger charge is -2.28. The number of aromatic nitrogens is 4. The highest BCUT2D eigenvalue weighted by molar-refractivity contribution is 5.88. The number of halogens is 1. The topological polar surface area (TPSA) is 85.5 Å². The van der Waals surface area contributed by atoms with Crippen molar-refractivity contribution >= 4 is 11.7 Å². The van der Waals surface area contributed by atoms with E-state index in [1.54, 1.807) is 18.2 Å². The zero-order valence-corrected chi connectivity index (χ0v) is 21.7. The van der Waals surface area contributed by atoms with Crippen LogP contribution in [0.2, 0.25) is 0 Å². The van der Waals surface area contributed by atoms with Gasteiger partial charge in [0.15, 0.2) is 0 Å². The van der Waals surface area contributed by atoms with Gasteiger partial charge in [-0.15, -0.1) is 0 Å². The van der Waals surface area contributed by atoms with Crippen LogP contribution in [-0.4, -0.2) is 69.8 Å². The summed E-state index contributed by atoms with van der Waals surface area (Å²) in [5, 5.41) is 9.68. The van der Waals surface area contributed by atoms with E-state index in [1.165, 1.54) is 22.9 Å². The molecule has 2 aromatic carbocycles. The minimum Gasteiger partial charge on any atom is -0.378 e. The number of carbonyl (C=O) groups is 1. The van der Waals surface area contributed by atoms with Crippen molar-refractivity contribution in [3.8, 4) is 28.2 Å². The Kier molecular flexibility index (Phi) is 6.70. The molecule has 0 N–H and O–H groups in total. The predicted molar refractivity (Wildman–Crippen MR) is 145 cm³/mol. The number of benzene rings is 2. The van der Waals surface area contributed by atoms with Gasteiger partial charge in [0.2, 0.25) is 5.91 Å². The monoisotopic (exact) mass is 528 g/mol. The lowest BCUT2D eigenvalue weighted by molar-refractivity contribution is -0.135. The number of hydrogen-bond acceptors (Lipinski definition) is 6. The van der Waals surface area contributed by atoms with Crippen LogP contribution in [0.15, 0.2) is 65.5 Å². The fourth-order valence-corrected chi connectivity index (χ4v) is 5.23. The lowest BCUT2D eigenvalue weighted by atomic mass is 10.0. The molecule has 2 aliphatic heterocycles. The Morgan fingerprint density at radius 2 is 1.72 bits per heavy atom. The molecule has 0 spiro atoms. The average Bonchev–Trinajstić information content (AvgIpc) is 3.53. The van der Waals surface area contributed by atoms with Gasteiger partial charge in [-0.1, -0.05) is 18.2 Å². The number of morpholine rings is 1. The Morgan fingerprint density at radius 1 is 0.949 bits per heavy atom. The number of para-hydroxylation sites is 1. The smallest absolute Gasteiger partial charge is 0.271 e. The molecule has 10 heteroatoms. The maximum atomic E-state index is 13.8. The molecule has 1 saturated heterocycles. The highest BCUT2D eigenvalue weighted by atomic mass is 19.1. The van der Waals surface area contributed by atoms with Crippen LogP contribution in [0.25, 0.3) is 28.2 Å². The second-order valence-corrected chi connectivity index (χ2v) is 9.76. The summed E-state index contributed by atoms with van der Waals surface area (Å²) in [6.07, 6.45) is 0.368. The number of carbonyl (C=O) groups excluding carboxylic acids is 1. The van der Waals surface area contributed by atoms with Crippen molar-refractivity contribution in [3.63, 3.8) is 0 Å². The fraction of sp³-hybridized carbons (Fsp3) is 0.310. The molecular weight excluding hydrogens is 499 g/mol. The third-order valence-corrected chi connectivity index (χ3v) is 7.28. The molecule has 2 aliphatic rings. The van der Waals surface area contributed by atoms with Crippen LogP contribution in [0.1, 0.15) is 12.0 Å². The first-order valence-corrected chi connectivity index (χ1v) is 13.1. The van der Waals surface area contributed by atoms with Gasteiger partial charge < -0.3 is 14.5 Å². The van der Waals surface area contributed by atoms with E-state index in [9.17, 15) is 14.0 Å². The number of hydrogen-bond donors (Lipinski definition) is 0. The third kappa shape index (κ3) is 4.83. The number of amides is 1. The highest BCUT2D eigenvalue weighted by Gasteiger charge is 2.31. The zero-order chi connectivity index (χ0) is 26.9. The van der Waals surface area contributed by atoms with Crippen molar-refractivity contribution in [2.45, 2.75) is 19.9 Å². The molecule has 4 aromatic rings. The quantitative estimate of drug-likeness (QED) is 0.382. The van der Waals surface area contributed by atoms with Gasteiger partial charge in [-0.2, -0.15) is 14.9 Å². The van der Waals surface area contributed by atoms with E-state index in [4.69, 9.17) is 14.9 Å². The maximum absolute atomic E-state index is 13.8. The fourth-order valence-electron chi connectivity index (χ4n) is 5.23. The minimum absolute atomic E-state index is 0.0998. The molecule has 0 unspecified atom stereocenters. The van der Waals surface area contributed by atoms with Crippen LogP contribution in [0.3, 0.4) is 0 Å². The summed E-state index contributed by atoms with van der Waals surface area (Å²) in [6, 6.07) is 17.0. The van der Waals surface area contributed by atoms with E-state index in [1.807, 2.05) is 40.8 Å². The highest BCUT2D eigenvalue weighted by Crippen LogP contribution is 2.41. The van der Waals surface area contributed by atoms with Gasteiger partial charge >= 0.3 is 0 Å². The Bertz CT molecular complexity index is 1570. The maximum Gasteiger partial charge on any atom is 0.271 e. The number of anilines is 1. The molecule has 6 rings (SSSR count). The molecular formula is C29H29FN6O3. The summed E-state index contributed by atoms with van der Waals surface area (Å²) in [4.78, 5) is 29.8. The molecule has 0 atom stereocenters. The minimum atomic E-state index is -0.332. The molecule has 0 radical (unpaired) electrons. The van der Waals surface area contributed by atoms with E-state index >= 15 is 0 Å². The van der Waals surface area contributed by atoms with Crippen molar-refractivity contribution in [1.29, 1.82) is 0 Å². The second-order valence-electron chi connectivity index (χ2n) is 9.76. The molecule has 1 fully saturated rings. The Labute approximate surface area is 225 Å². The molecule has 39 heavy (non-hydrogen) atoms. The molecule has 1 amide bonds. The third-order valence-electron chi connectivity index (χ3n) is 7.28. The van der Waals surface area contributed by atoms with Crippen LogP contribution in [0.4, 0.5) is 10.2 Å². The van der Waals surface area contributed by atoms with E-state index in [0.29, 0.717) is 69.4 Å². The van der Waals surface area contributed by atoms with E-state index < -0.39 is 0 Å². The number of rotatable bonds is 6. The average molecular weight is 529 g/mol. The first kappa shape index (κ1) is 25.0. The summed E-state index contributed by atoms with van der Waals surface area (Å²) >= 11 is 0. The summed E-state index contributed by atoms with van der Waals surface area (Å²) in [5.41, 5.74) is 4.10. The predicted octanol–water partition coefficient (Wildman–Crippen LogP) is 3.28. The van der Waals surface area contributed by atoms with Gasteiger partial charge in [0.05, 0.1) is 36.7 Å². The number of ether oxygens (including phenoxy) is 1. The number of aryl methyl sites for hydroxylation is 1. The van der Waals surface area contributed by atoms with Crippen molar-refractivity contribution in [1.82, 2.24) is 24.5 Å². The molecule has 0 aliphatic carbocycles. The first-order valence-electron chi connectivity index (χ1n) is 13.1. The van der Waals surface area contributed by atoms with Crippen molar-refractivity contribution in [3.05, 3.63) is 82.4 Å². The first-order chi connectivity index (χ1) is 19.0. The van der Waals surface area contributed by atoms with E-state index in [-0.39, 0.29) is 17.3 Å². The van der Waals surface area contributed by atoms with Crippen LogP contribution in [0, 0.1) is 12.7 Å². The molecule has 0 saturated carbocycles. The van der Waals surface area contributed by atoms with Gasteiger partial charge in [-0.3, -0.25) is 9.59 Å². The number of nitrogens with zero attached hydrogens (tertiary/aromatic N) is 6. The van der Waals surface area contributed by atoms with Crippen molar-refractivity contribution in [2.75, 3.05) is 44.3 Å². The van der Waals surface area contributed by atoms with Crippen molar-refractivity contribution < 1.29 is 13.9 Å². The molecule has 0 bridgehead atoms. The zero-order valence-electron chi connectivity index (χ0n) is 21.7. The van der Waals surface area contributed by atoms with Crippen LogP contribution in [-0.2, 0) is 16.1 Å². The lowest BCUT2D eigenvalue weighted by Crippen LogP contribution is -2.42. The van der Waals surface area contributed by atoms with Gasteiger partial charge in [0, 0.05) is 44.2 Å². The summed E-state index contributed by atoms with van der Waals surface area (Å²) < 4.78 is 22.5. The summed E-state index contributed by atoms with van der Waals surface area (Å²) in [5.74, 6) is 0.607. The number of fused-ring (bicyclic) bond motifs is 1. The Hall–Kier alpha value is -4.31. The molecule has 200 valence electrons. The van der Waals surface area contributed by atoms with Crippen molar-refractivity contribution in [2.24, 2.45) is 0 Å². The normalized spacial score (nSPS) is 15.0. The van der Waals surface area contributed by atoms with Crippen LogP contribution < -0.4 is 10.5 Å². The Morgan fingerprint density at radius 3 is 2.49 bits per heavy atom.